The topological polar surface area (TPSA) is 188 Å². The summed E-state index contributed by atoms with van der Waals surface area (Å²) in [4.78, 5) is 76.4. The number of aromatic nitrogens is 4. The van der Waals surface area contributed by atoms with E-state index >= 15 is 0 Å². The highest BCUT2D eigenvalue weighted by atomic mass is 19.3. The molecule has 60 heavy (non-hydrogen) atoms. The van der Waals surface area contributed by atoms with Gasteiger partial charge in [0.05, 0.1) is 28.7 Å². The largest absolute Gasteiger partial charge is 0.444 e. The number of carbonyl (C=O) groups is 5. The number of carbonyl (C=O) groups excluding carboxylic acids is 5. The number of alkyl halides is 5. The van der Waals surface area contributed by atoms with Gasteiger partial charge in [-0.3, -0.25) is 39.1 Å². The number of halogens is 5. The average Bonchev–Trinajstić information content (AvgIpc) is 3.96. The smallest absolute Gasteiger partial charge is 0.287 e. The molecule has 5 aromatic rings. The van der Waals surface area contributed by atoms with Gasteiger partial charge in [0.15, 0.2) is 11.4 Å². The van der Waals surface area contributed by atoms with Gasteiger partial charge in [-0.25, -0.2) is 36.6 Å². The van der Waals surface area contributed by atoms with Crippen molar-refractivity contribution in [1.29, 1.82) is 0 Å². The highest BCUT2D eigenvalue weighted by Gasteiger charge is 2.44. The normalized spacial score (nSPS) is 17.7. The van der Waals surface area contributed by atoms with E-state index in [4.69, 9.17) is 4.42 Å². The first-order chi connectivity index (χ1) is 28.8. The zero-order valence-corrected chi connectivity index (χ0v) is 31.2. The summed E-state index contributed by atoms with van der Waals surface area (Å²) < 4.78 is 73.3. The van der Waals surface area contributed by atoms with Crippen molar-refractivity contribution in [3.05, 3.63) is 101 Å². The van der Waals surface area contributed by atoms with Crippen molar-refractivity contribution in [2.45, 2.75) is 44.6 Å². The Labute approximate surface area is 336 Å². The van der Waals surface area contributed by atoms with Crippen molar-refractivity contribution in [2.75, 3.05) is 41.7 Å². The number of nitrogens with zero attached hydrogens (tertiary/aromatic N) is 7. The second-order valence-corrected chi connectivity index (χ2v) is 14.1. The number of oxazole rings is 1. The predicted octanol–water partition coefficient (Wildman–Crippen LogP) is 4.81. The summed E-state index contributed by atoms with van der Waals surface area (Å²) in [5.74, 6) is -3.50. The van der Waals surface area contributed by atoms with Crippen molar-refractivity contribution >= 4 is 46.7 Å². The van der Waals surface area contributed by atoms with Gasteiger partial charge in [-0.05, 0) is 60.5 Å². The fourth-order valence-electron chi connectivity index (χ4n) is 7.18. The lowest BCUT2D eigenvalue weighted by Gasteiger charge is -2.36. The van der Waals surface area contributed by atoms with Crippen LogP contribution >= 0.6 is 0 Å². The highest BCUT2D eigenvalue weighted by Crippen LogP contribution is 2.31. The van der Waals surface area contributed by atoms with Crippen molar-refractivity contribution in [2.24, 2.45) is 0 Å². The summed E-state index contributed by atoms with van der Waals surface area (Å²) in [6.45, 7) is 3.15. The van der Waals surface area contributed by atoms with Crippen LogP contribution in [0, 0.1) is 0 Å². The standard InChI is InChI=1S/C39H33F5N10O6/c40-32(41)31-26(46-35(56)27-19-60-37(47-27)21-9-10-45-29(16-21)48-34(44)33(42)43)18-53(50-31)23-4-2-22(3-5-23)52-13-11-51(12-14-52)17-20-1-6-24-25(15-20)39(59)54(38(24)58)28-7-8-30(55)49-36(28)57/h1-6,9-10,15-16,18-19,28,32-34H,7-8,11-14,17H2,(H,45,48)(H,46,56)(H,49,55,57). The van der Waals surface area contributed by atoms with Gasteiger partial charge in [0, 0.05) is 56.6 Å². The van der Waals surface area contributed by atoms with Gasteiger partial charge in [-0.1, -0.05) is 6.07 Å². The summed E-state index contributed by atoms with van der Waals surface area (Å²) in [5.41, 5.74) is 1.49. The predicted molar refractivity (Wildman–Crippen MR) is 201 cm³/mol. The molecule has 2 unspecified atom stereocenters. The molecular formula is C39H33F5N10O6. The molecule has 2 aromatic carbocycles. The van der Waals surface area contributed by atoms with Crippen LogP contribution in [0.5, 0.6) is 0 Å². The maximum Gasteiger partial charge on any atom is 0.287 e. The third kappa shape index (κ3) is 8.02. The maximum atomic E-state index is 14.1. The summed E-state index contributed by atoms with van der Waals surface area (Å²) in [6.07, 6.45) is -5.51. The van der Waals surface area contributed by atoms with Crippen LogP contribution in [0.15, 0.2) is 77.7 Å². The lowest BCUT2D eigenvalue weighted by atomic mass is 10.0. The number of piperazine rings is 1. The van der Waals surface area contributed by atoms with Crippen LogP contribution in [0.4, 0.5) is 39.1 Å². The summed E-state index contributed by atoms with van der Waals surface area (Å²) in [6, 6.07) is 13.6. The Bertz CT molecular complexity index is 2490. The van der Waals surface area contributed by atoms with Gasteiger partial charge in [0.2, 0.25) is 24.0 Å². The van der Waals surface area contributed by atoms with E-state index in [2.05, 4.69) is 35.5 Å². The van der Waals surface area contributed by atoms with Crippen molar-refractivity contribution in [1.82, 2.24) is 34.9 Å². The zero-order chi connectivity index (χ0) is 42.2. The number of piperidine rings is 1. The van der Waals surface area contributed by atoms with Crippen LogP contribution in [0.2, 0.25) is 0 Å². The van der Waals surface area contributed by atoms with E-state index in [1.165, 1.54) is 29.2 Å². The molecule has 2 atom stereocenters. The number of rotatable bonds is 12. The second-order valence-electron chi connectivity index (χ2n) is 14.1. The molecule has 2 saturated heterocycles. The molecular weight excluding hydrogens is 799 g/mol. The Morgan fingerprint density at radius 3 is 2.35 bits per heavy atom. The molecule has 0 bridgehead atoms. The van der Waals surface area contributed by atoms with E-state index in [1.54, 1.807) is 30.3 Å². The Balaban J connectivity index is 0.872. The zero-order valence-electron chi connectivity index (χ0n) is 31.2. The molecule has 2 fully saturated rings. The van der Waals surface area contributed by atoms with E-state index in [0.717, 1.165) is 22.4 Å². The van der Waals surface area contributed by atoms with Gasteiger partial charge in [0.1, 0.15) is 18.1 Å². The molecule has 21 heteroatoms. The molecule has 0 spiro atoms. The molecule has 5 amide bonds. The number of amides is 5. The lowest BCUT2D eigenvalue weighted by Crippen LogP contribution is -2.54. The second kappa shape index (κ2) is 16.3. The van der Waals surface area contributed by atoms with Crippen LogP contribution in [-0.2, 0) is 16.1 Å². The third-order valence-corrected chi connectivity index (χ3v) is 10.2. The molecule has 3 N–H and O–H groups in total. The Hall–Kier alpha value is -7.03. The van der Waals surface area contributed by atoms with Gasteiger partial charge < -0.3 is 20.0 Å². The van der Waals surface area contributed by atoms with Crippen molar-refractivity contribution in [3.8, 4) is 17.1 Å². The fourth-order valence-corrected chi connectivity index (χ4v) is 7.18. The van der Waals surface area contributed by atoms with Gasteiger partial charge >= 0.3 is 0 Å². The molecule has 6 heterocycles. The fraction of sp³-hybridized carbons (Fsp3) is 0.282. The first-order valence-electron chi connectivity index (χ1n) is 18.5. The summed E-state index contributed by atoms with van der Waals surface area (Å²) >= 11 is 0. The minimum Gasteiger partial charge on any atom is -0.444 e. The van der Waals surface area contributed by atoms with E-state index < -0.39 is 60.4 Å². The molecule has 3 aliphatic heterocycles. The minimum atomic E-state index is -3.30. The van der Waals surface area contributed by atoms with Gasteiger partial charge in [-0.15, -0.1) is 0 Å². The Kier molecular flexibility index (Phi) is 10.8. The monoisotopic (exact) mass is 832 g/mol. The molecule has 0 radical (unpaired) electrons. The van der Waals surface area contributed by atoms with Crippen LogP contribution in [0.3, 0.4) is 0 Å². The van der Waals surface area contributed by atoms with Crippen LogP contribution in [0.1, 0.15) is 61.7 Å². The SMILES string of the molecule is O=C1CCC(N2C(=O)c3ccc(CN4CCN(c5ccc(-n6cc(NC(=O)c7coc(-c8ccnc(NC(F)C(F)F)c8)n7)c(C(F)F)n6)cc5)CC4)cc3C2=O)C(=O)N1. The quantitative estimate of drug-likeness (QED) is 0.0887. The molecule has 3 aliphatic rings. The number of benzene rings is 2. The number of fused-ring (bicyclic) bond motifs is 1. The molecule has 8 rings (SSSR count). The number of pyridine rings is 1. The number of hydrogen-bond donors (Lipinski definition) is 3. The first-order valence-corrected chi connectivity index (χ1v) is 18.5. The van der Waals surface area contributed by atoms with E-state index in [-0.39, 0.29) is 52.6 Å². The highest BCUT2D eigenvalue weighted by molar-refractivity contribution is 6.23. The average molecular weight is 833 g/mol. The van der Waals surface area contributed by atoms with E-state index in [9.17, 15) is 45.9 Å². The van der Waals surface area contributed by atoms with Crippen LogP contribution in [0.25, 0.3) is 17.1 Å². The van der Waals surface area contributed by atoms with Gasteiger partial charge in [0.25, 0.3) is 30.6 Å². The number of imide groups is 2. The first kappa shape index (κ1) is 39.8. The van der Waals surface area contributed by atoms with Gasteiger partial charge in [-0.2, -0.15) is 5.10 Å². The van der Waals surface area contributed by atoms with Crippen LogP contribution < -0.4 is 20.9 Å². The van der Waals surface area contributed by atoms with E-state index in [1.807, 2.05) is 17.4 Å². The summed E-state index contributed by atoms with van der Waals surface area (Å²) in [7, 11) is 0. The number of anilines is 3. The minimum absolute atomic E-state index is 0.0371. The lowest BCUT2D eigenvalue weighted by molar-refractivity contribution is -0.136. The number of hydrogen-bond acceptors (Lipinski definition) is 12. The molecule has 3 aromatic heterocycles. The van der Waals surface area contributed by atoms with E-state index in [0.29, 0.717) is 38.4 Å². The Morgan fingerprint density at radius 2 is 1.63 bits per heavy atom. The molecule has 0 aliphatic carbocycles. The number of nitrogens with one attached hydrogen (secondary N) is 3. The third-order valence-electron chi connectivity index (χ3n) is 10.2. The molecule has 16 nitrogen and oxygen atoms in total. The van der Waals surface area contributed by atoms with Crippen LogP contribution in [-0.4, -0.2) is 104 Å². The van der Waals surface area contributed by atoms with Crippen molar-refractivity contribution < 1.29 is 50.3 Å². The summed E-state index contributed by atoms with van der Waals surface area (Å²) in [5, 5.41) is 10.5. The Morgan fingerprint density at radius 1 is 0.900 bits per heavy atom. The van der Waals surface area contributed by atoms with Crippen molar-refractivity contribution in [3.63, 3.8) is 0 Å². The molecule has 0 saturated carbocycles. The molecule has 310 valence electrons. The maximum absolute atomic E-state index is 14.1.